The molecule has 1 aromatic rings. The van der Waals surface area contributed by atoms with E-state index in [-0.39, 0.29) is 24.8 Å². The van der Waals surface area contributed by atoms with Crippen LogP contribution in [-0.2, 0) is 9.59 Å². The van der Waals surface area contributed by atoms with Gasteiger partial charge in [0.05, 0.1) is 6.42 Å². The number of rotatable bonds is 6. The minimum atomic E-state index is -0.960. The topological polar surface area (TPSA) is 98.7 Å². The first-order valence-corrected chi connectivity index (χ1v) is 6.94. The van der Waals surface area contributed by atoms with Gasteiger partial charge in [0.2, 0.25) is 5.91 Å². The number of carbonyl (C=O) groups is 3. The second-order valence-corrected chi connectivity index (χ2v) is 5.22. The normalized spacial score (nSPS) is 10.2. The van der Waals surface area contributed by atoms with Crippen LogP contribution in [0.2, 0.25) is 0 Å². The number of urea groups is 1. The molecule has 7 heteroatoms. The summed E-state index contributed by atoms with van der Waals surface area (Å²) in [4.78, 5) is 35.3. The summed E-state index contributed by atoms with van der Waals surface area (Å²) in [5.74, 6) is -1.21. The van der Waals surface area contributed by atoms with Gasteiger partial charge in [0.1, 0.15) is 0 Å². The summed E-state index contributed by atoms with van der Waals surface area (Å²) in [6.07, 6.45) is -0.117. The van der Waals surface area contributed by atoms with Crippen LogP contribution in [0.3, 0.4) is 0 Å². The van der Waals surface area contributed by atoms with Crippen LogP contribution in [0.4, 0.5) is 16.2 Å². The smallest absolute Gasteiger partial charge is 0.321 e. The Morgan fingerprint density at radius 1 is 1.18 bits per heavy atom. The van der Waals surface area contributed by atoms with Crippen LogP contribution in [0.15, 0.2) is 24.3 Å². The van der Waals surface area contributed by atoms with Crippen LogP contribution in [0.25, 0.3) is 0 Å². The Morgan fingerprint density at radius 3 is 2.32 bits per heavy atom. The Balaban J connectivity index is 2.64. The zero-order valence-electron chi connectivity index (χ0n) is 12.9. The lowest BCUT2D eigenvalue weighted by Crippen LogP contribution is -2.33. The van der Waals surface area contributed by atoms with Crippen molar-refractivity contribution < 1.29 is 19.5 Å². The van der Waals surface area contributed by atoms with Gasteiger partial charge in [-0.3, -0.25) is 9.59 Å². The molecule has 0 fully saturated rings. The van der Waals surface area contributed by atoms with Crippen LogP contribution in [0.1, 0.15) is 20.3 Å². The fraction of sp³-hybridized carbons (Fsp3) is 0.400. The zero-order chi connectivity index (χ0) is 16.7. The molecule has 0 aliphatic rings. The number of nitrogens with one attached hydrogen (secondary N) is 2. The molecule has 1 rings (SSSR count). The number of aliphatic carboxylic acids is 1. The van der Waals surface area contributed by atoms with Gasteiger partial charge in [0.15, 0.2) is 0 Å². The fourth-order valence-corrected chi connectivity index (χ4v) is 1.55. The van der Waals surface area contributed by atoms with Gasteiger partial charge < -0.3 is 20.6 Å². The number of nitrogens with zero attached hydrogens (tertiary/aromatic N) is 1. The fourth-order valence-electron chi connectivity index (χ4n) is 1.55. The van der Waals surface area contributed by atoms with E-state index in [4.69, 9.17) is 5.11 Å². The molecule has 0 bridgehead atoms. The average molecular weight is 307 g/mol. The van der Waals surface area contributed by atoms with Crippen LogP contribution in [-0.4, -0.2) is 41.5 Å². The molecule has 3 amide bonds. The number of hydrogen-bond donors (Lipinski definition) is 3. The maximum absolute atomic E-state index is 11.9. The molecule has 22 heavy (non-hydrogen) atoms. The summed E-state index contributed by atoms with van der Waals surface area (Å²) in [6, 6.07) is 6.36. The van der Waals surface area contributed by atoms with E-state index in [0.717, 1.165) is 0 Å². The Hall–Kier alpha value is -2.57. The zero-order valence-corrected chi connectivity index (χ0v) is 12.9. The number of benzene rings is 1. The quantitative estimate of drug-likeness (QED) is 0.750. The van der Waals surface area contributed by atoms with Crippen LogP contribution >= 0.6 is 0 Å². The van der Waals surface area contributed by atoms with E-state index in [1.807, 2.05) is 0 Å². The van der Waals surface area contributed by atoms with E-state index in [0.29, 0.717) is 11.4 Å². The van der Waals surface area contributed by atoms with E-state index in [1.165, 1.54) is 11.9 Å². The minimum Gasteiger partial charge on any atom is -0.481 e. The first-order valence-electron chi connectivity index (χ1n) is 6.94. The second kappa shape index (κ2) is 8.02. The van der Waals surface area contributed by atoms with Crippen molar-refractivity contribution in [3.05, 3.63) is 24.3 Å². The molecule has 0 unspecified atom stereocenters. The lowest BCUT2D eigenvalue weighted by molar-refractivity contribution is -0.137. The van der Waals surface area contributed by atoms with Crippen molar-refractivity contribution >= 4 is 29.3 Å². The SMILES string of the molecule is CC(C)C(=O)Nc1cccc(NC(=O)N(C)CCC(=O)O)c1. The highest BCUT2D eigenvalue weighted by atomic mass is 16.4. The summed E-state index contributed by atoms with van der Waals surface area (Å²) in [5.41, 5.74) is 1.11. The van der Waals surface area contributed by atoms with Gasteiger partial charge in [-0.05, 0) is 18.2 Å². The number of hydrogen-bond acceptors (Lipinski definition) is 3. The number of carboxylic acids is 1. The third kappa shape index (κ3) is 5.82. The summed E-state index contributed by atoms with van der Waals surface area (Å²) in [6.45, 7) is 3.70. The van der Waals surface area contributed by atoms with Gasteiger partial charge in [-0.2, -0.15) is 0 Å². The van der Waals surface area contributed by atoms with E-state index >= 15 is 0 Å². The number of amides is 3. The molecule has 7 nitrogen and oxygen atoms in total. The molecule has 1 aromatic carbocycles. The Kier molecular flexibility index (Phi) is 6.37. The first kappa shape index (κ1) is 17.5. The van der Waals surface area contributed by atoms with Crippen molar-refractivity contribution in [1.29, 1.82) is 0 Å². The van der Waals surface area contributed by atoms with Crippen LogP contribution in [0.5, 0.6) is 0 Å². The largest absolute Gasteiger partial charge is 0.481 e. The molecular formula is C15H21N3O4. The molecule has 3 N–H and O–H groups in total. The molecule has 0 heterocycles. The average Bonchev–Trinajstić information content (AvgIpc) is 2.44. The lowest BCUT2D eigenvalue weighted by atomic mass is 10.2. The number of carboxylic acid groups (broad SMARTS) is 1. The van der Waals surface area contributed by atoms with Crippen LogP contribution in [0, 0.1) is 5.92 Å². The van der Waals surface area contributed by atoms with Gasteiger partial charge in [0.25, 0.3) is 0 Å². The van der Waals surface area contributed by atoms with Gasteiger partial charge in [-0.25, -0.2) is 4.79 Å². The Morgan fingerprint density at radius 2 is 1.77 bits per heavy atom. The minimum absolute atomic E-state index is 0.109. The highest BCUT2D eigenvalue weighted by Gasteiger charge is 2.11. The van der Waals surface area contributed by atoms with Crippen molar-refractivity contribution in [2.45, 2.75) is 20.3 Å². The predicted molar refractivity (Wildman–Crippen MR) is 83.8 cm³/mol. The predicted octanol–water partition coefficient (Wildman–Crippen LogP) is 2.22. The maximum atomic E-state index is 11.9. The summed E-state index contributed by atoms with van der Waals surface area (Å²) >= 11 is 0. The van der Waals surface area contributed by atoms with E-state index in [2.05, 4.69) is 10.6 Å². The third-order valence-corrected chi connectivity index (χ3v) is 2.91. The third-order valence-electron chi connectivity index (χ3n) is 2.91. The Bertz CT molecular complexity index is 557. The van der Waals surface area contributed by atoms with Crippen molar-refractivity contribution in [3.8, 4) is 0 Å². The maximum Gasteiger partial charge on any atom is 0.321 e. The summed E-state index contributed by atoms with van der Waals surface area (Å²) < 4.78 is 0. The molecule has 0 atom stereocenters. The summed E-state index contributed by atoms with van der Waals surface area (Å²) in [5, 5.41) is 14.0. The first-order chi connectivity index (χ1) is 10.3. The molecule has 0 aromatic heterocycles. The van der Waals surface area contributed by atoms with Crippen molar-refractivity contribution in [2.75, 3.05) is 24.2 Å². The summed E-state index contributed by atoms with van der Waals surface area (Å²) in [7, 11) is 1.52. The van der Waals surface area contributed by atoms with Gasteiger partial charge in [0, 0.05) is 30.9 Å². The van der Waals surface area contributed by atoms with Gasteiger partial charge in [-0.1, -0.05) is 19.9 Å². The molecule has 0 aliphatic heterocycles. The lowest BCUT2D eigenvalue weighted by Gasteiger charge is -2.17. The molecule has 0 saturated carbocycles. The monoisotopic (exact) mass is 307 g/mol. The van der Waals surface area contributed by atoms with Gasteiger partial charge >= 0.3 is 12.0 Å². The molecule has 0 radical (unpaired) electrons. The molecular weight excluding hydrogens is 286 g/mol. The molecule has 0 spiro atoms. The molecule has 0 aliphatic carbocycles. The van der Waals surface area contributed by atoms with Crippen LogP contribution < -0.4 is 10.6 Å². The van der Waals surface area contributed by atoms with E-state index in [9.17, 15) is 14.4 Å². The number of anilines is 2. The molecule has 0 saturated heterocycles. The molecule has 120 valence electrons. The van der Waals surface area contributed by atoms with Crippen molar-refractivity contribution in [3.63, 3.8) is 0 Å². The van der Waals surface area contributed by atoms with Crippen molar-refractivity contribution in [2.24, 2.45) is 5.92 Å². The van der Waals surface area contributed by atoms with E-state index < -0.39 is 12.0 Å². The second-order valence-electron chi connectivity index (χ2n) is 5.22. The van der Waals surface area contributed by atoms with E-state index in [1.54, 1.807) is 38.1 Å². The highest BCUT2D eigenvalue weighted by Crippen LogP contribution is 2.16. The highest BCUT2D eigenvalue weighted by molar-refractivity contribution is 5.94. The standard InChI is InChI=1S/C15H21N3O4/c1-10(2)14(21)16-11-5-4-6-12(9-11)17-15(22)18(3)8-7-13(19)20/h4-6,9-10H,7-8H2,1-3H3,(H,16,21)(H,17,22)(H,19,20). The van der Waals surface area contributed by atoms with Gasteiger partial charge in [-0.15, -0.1) is 0 Å². The number of carbonyl (C=O) groups excluding carboxylic acids is 2. The van der Waals surface area contributed by atoms with Crippen molar-refractivity contribution in [1.82, 2.24) is 4.90 Å². The Labute approximate surface area is 129 Å².